The van der Waals surface area contributed by atoms with Crippen LogP contribution in [0.1, 0.15) is 5.69 Å². The number of aliphatic carboxylic acids is 1. The number of nitrogens with zero attached hydrogens (tertiary/aromatic N) is 4. The Morgan fingerprint density at radius 3 is 2.69 bits per heavy atom. The number of rotatable bonds is 9. The van der Waals surface area contributed by atoms with Gasteiger partial charge in [-0.25, -0.2) is 18.9 Å². The SMILES string of the molecule is Nc1nc(C(=NOCC(=O)O)C(=O)NC2C(=O)N(S(=O)(=O)O)C2CN2CCOC2=O)cs1. The fraction of sp³-hybridized carbons (Fsp3) is 0.429. The van der Waals surface area contributed by atoms with Gasteiger partial charge in [0, 0.05) is 11.9 Å². The van der Waals surface area contributed by atoms with Crippen LogP contribution in [0.2, 0.25) is 0 Å². The second-order valence-electron chi connectivity index (χ2n) is 6.37. The van der Waals surface area contributed by atoms with E-state index in [1.165, 1.54) is 5.38 Å². The van der Waals surface area contributed by atoms with Crippen molar-refractivity contribution in [3.8, 4) is 0 Å². The minimum Gasteiger partial charge on any atom is -0.479 e. The zero-order valence-electron chi connectivity index (χ0n) is 15.9. The number of aromatic nitrogens is 1. The number of hydrogen-bond donors (Lipinski definition) is 4. The van der Waals surface area contributed by atoms with Gasteiger partial charge in [0.15, 0.2) is 10.8 Å². The molecule has 3 amide bonds. The molecule has 2 atom stereocenters. The largest absolute Gasteiger partial charge is 0.479 e. The minimum absolute atomic E-state index is 0.0470. The monoisotopic (exact) mass is 492 g/mol. The predicted octanol–water partition coefficient (Wildman–Crippen LogP) is -2.52. The third-order valence-corrected chi connectivity index (χ3v) is 5.90. The molecule has 1 aromatic rings. The van der Waals surface area contributed by atoms with Gasteiger partial charge >= 0.3 is 22.4 Å². The quantitative estimate of drug-likeness (QED) is 0.121. The van der Waals surface area contributed by atoms with Crippen LogP contribution in [0.3, 0.4) is 0 Å². The molecule has 2 saturated heterocycles. The number of hydrogen-bond acceptors (Lipinski definition) is 12. The summed E-state index contributed by atoms with van der Waals surface area (Å²) in [6.45, 7) is -1.08. The Bertz CT molecular complexity index is 1090. The van der Waals surface area contributed by atoms with Crippen molar-refractivity contribution < 1.29 is 46.8 Å². The van der Waals surface area contributed by atoms with Gasteiger partial charge in [-0.2, -0.15) is 8.42 Å². The summed E-state index contributed by atoms with van der Waals surface area (Å²) in [7, 11) is -4.98. The fourth-order valence-electron chi connectivity index (χ4n) is 2.92. The summed E-state index contributed by atoms with van der Waals surface area (Å²) in [6.07, 6.45) is -0.757. The first-order valence-corrected chi connectivity index (χ1v) is 10.9. The summed E-state index contributed by atoms with van der Waals surface area (Å²) in [5.41, 5.74) is 4.91. The number of β-lactam (4-membered cyclic amide) rings is 1. The summed E-state index contributed by atoms with van der Waals surface area (Å²) in [5.74, 6) is -3.60. The van der Waals surface area contributed by atoms with Crippen molar-refractivity contribution >= 4 is 56.4 Å². The Labute approximate surface area is 183 Å². The highest BCUT2D eigenvalue weighted by Gasteiger charge is 2.55. The number of carboxylic acids is 1. The first-order valence-electron chi connectivity index (χ1n) is 8.65. The topological polar surface area (TPSA) is 231 Å². The molecule has 32 heavy (non-hydrogen) atoms. The van der Waals surface area contributed by atoms with E-state index in [2.05, 4.69) is 20.3 Å². The van der Waals surface area contributed by atoms with Gasteiger partial charge in [-0.1, -0.05) is 5.16 Å². The molecule has 3 rings (SSSR count). The summed E-state index contributed by atoms with van der Waals surface area (Å²) in [6, 6.07) is -2.81. The zero-order valence-corrected chi connectivity index (χ0v) is 17.5. The van der Waals surface area contributed by atoms with E-state index in [-0.39, 0.29) is 34.8 Å². The lowest BCUT2D eigenvalue weighted by Crippen LogP contribution is -2.74. The molecule has 0 saturated carbocycles. The van der Waals surface area contributed by atoms with Crippen molar-refractivity contribution in [1.82, 2.24) is 19.5 Å². The fourth-order valence-corrected chi connectivity index (χ4v) is 4.34. The standard InChI is InChI=1S/C14H16N6O10S2/c15-13-16-6(5-31-13)9(18-30-4-8(21)22)11(23)17-10-7(3-19-1-2-29-14(19)25)20(12(10)24)32(26,27)28/h5,7,10H,1-4H2,(H2,15,16)(H,17,23)(H,21,22)(H,26,27,28). The van der Waals surface area contributed by atoms with Crippen LogP contribution in [0.5, 0.6) is 0 Å². The minimum atomic E-state index is -4.98. The van der Waals surface area contributed by atoms with Gasteiger partial charge in [0.1, 0.15) is 18.3 Å². The van der Waals surface area contributed by atoms with Gasteiger partial charge in [0.05, 0.1) is 12.6 Å². The van der Waals surface area contributed by atoms with Gasteiger partial charge in [-0.3, -0.25) is 14.1 Å². The van der Waals surface area contributed by atoms with E-state index in [4.69, 9.17) is 15.6 Å². The lowest BCUT2D eigenvalue weighted by Gasteiger charge is -2.45. The van der Waals surface area contributed by atoms with E-state index in [0.29, 0.717) is 0 Å². The number of nitrogen functional groups attached to an aromatic ring is 1. The molecule has 3 heterocycles. The number of nitrogens with one attached hydrogen (secondary N) is 1. The van der Waals surface area contributed by atoms with Crippen LogP contribution in [-0.2, 0) is 34.3 Å². The van der Waals surface area contributed by atoms with E-state index >= 15 is 0 Å². The van der Waals surface area contributed by atoms with Crippen molar-refractivity contribution in [2.45, 2.75) is 12.1 Å². The molecule has 16 nitrogen and oxygen atoms in total. The number of oxime groups is 1. The average molecular weight is 492 g/mol. The second kappa shape index (κ2) is 8.93. The van der Waals surface area contributed by atoms with Crippen LogP contribution >= 0.6 is 11.3 Å². The van der Waals surface area contributed by atoms with E-state index in [0.717, 1.165) is 16.2 Å². The maximum Gasteiger partial charge on any atom is 0.410 e. The molecule has 0 bridgehead atoms. The summed E-state index contributed by atoms with van der Waals surface area (Å²) in [5, 5.41) is 15.7. The Hall–Kier alpha value is -3.51. The van der Waals surface area contributed by atoms with E-state index in [1.54, 1.807) is 0 Å². The molecule has 5 N–H and O–H groups in total. The first kappa shape index (κ1) is 23.2. The summed E-state index contributed by atoms with van der Waals surface area (Å²) >= 11 is 0.943. The molecule has 0 aliphatic carbocycles. The Kier molecular flexibility index (Phi) is 6.46. The third-order valence-electron chi connectivity index (χ3n) is 4.28. The Morgan fingerprint density at radius 1 is 1.44 bits per heavy atom. The molecule has 2 fully saturated rings. The lowest BCUT2D eigenvalue weighted by molar-refractivity contribution is -0.145. The molecule has 18 heteroatoms. The Balaban J connectivity index is 1.82. The molecule has 2 unspecified atom stereocenters. The van der Waals surface area contributed by atoms with E-state index in [9.17, 15) is 32.1 Å². The van der Waals surface area contributed by atoms with Crippen LogP contribution in [0.25, 0.3) is 0 Å². The van der Waals surface area contributed by atoms with Gasteiger partial charge in [0.2, 0.25) is 6.61 Å². The molecular weight excluding hydrogens is 476 g/mol. The van der Waals surface area contributed by atoms with Crippen molar-refractivity contribution in [3.63, 3.8) is 0 Å². The van der Waals surface area contributed by atoms with Crippen molar-refractivity contribution in [2.75, 3.05) is 32.0 Å². The molecule has 2 aliphatic heterocycles. The van der Waals surface area contributed by atoms with Crippen LogP contribution < -0.4 is 11.1 Å². The molecule has 174 valence electrons. The highest BCUT2D eigenvalue weighted by atomic mass is 32.2. The summed E-state index contributed by atoms with van der Waals surface area (Å²) < 4.78 is 37.4. The van der Waals surface area contributed by atoms with E-state index < -0.39 is 58.6 Å². The van der Waals surface area contributed by atoms with Gasteiger partial charge < -0.3 is 30.6 Å². The molecule has 1 aromatic heterocycles. The second-order valence-corrected chi connectivity index (χ2v) is 8.55. The molecule has 0 radical (unpaired) electrons. The molecular formula is C14H16N6O10S2. The van der Waals surface area contributed by atoms with Crippen molar-refractivity contribution in [1.29, 1.82) is 0 Å². The number of carbonyl (C=O) groups is 4. The van der Waals surface area contributed by atoms with Crippen LogP contribution in [-0.4, -0.2) is 100 Å². The van der Waals surface area contributed by atoms with E-state index in [1.807, 2.05) is 0 Å². The van der Waals surface area contributed by atoms with Crippen molar-refractivity contribution in [2.24, 2.45) is 5.16 Å². The van der Waals surface area contributed by atoms with Crippen LogP contribution in [0, 0.1) is 0 Å². The first-order chi connectivity index (χ1) is 15.0. The number of ether oxygens (including phenoxy) is 1. The number of thiazole rings is 1. The maximum absolute atomic E-state index is 12.7. The Morgan fingerprint density at radius 2 is 2.16 bits per heavy atom. The number of carbonyl (C=O) groups excluding carboxylic acids is 3. The lowest BCUT2D eigenvalue weighted by atomic mass is 9.97. The van der Waals surface area contributed by atoms with Gasteiger partial charge in [-0.15, -0.1) is 11.3 Å². The zero-order chi connectivity index (χ0) is 23.6. The highest BCUT2D eigenvalue weighted by Crippen LogP contribution is 2.26. The average Bonchev–Trinajstić information content (AvgIpc) is 3.29. The number of anilines is 1. The van der Waals surface area contributed by atoms with Crippen LogP contribution in [0.4, 0.5) is 9.93 Å². The maximum atomic E-state index is 12.7. The normalized spacial score (nSPS) is 21.2. The van der Waals surface area contributed by atoms with Gasteiger partial charge in [-0.05, 0) is 0 Å². The molecule has 0 spiro atoms. The predicted molar refractivity (Wildman–Crippen MR) is 104 cm³/mol. The van der Waals surface area contributed by atoms with Crippen LogP contribution in [0.15, 0.2) is 10.5 Å². The summed E-state index contributed by atoms with van der Waals surface area (Å²) in [4.78, 5) is 56.9. The van der Waals surface area contributed by atoms with Gasteiger partial charge in [0.25, 0.3) is 11.8 Å². The number of cyclic esters (lactones) is 1. The smallest absolute Gasteiger partial charge is 0.410 e. The third kappa shape index (κ3) is 4.86. The molecule has 0 aromatic carbocycles. The van der Waals surface area contributed by atoms with Crippen molar-refractivity contribution in [3.05, 3.63) is 11.1 Å². The number of nitrogens with two attached hydrogens (primary N) is 1. The number of amides is 3. The highest BCUT2D eigenvalue weighted by molar-refractivity contribution is 7.84. The number of carboxylic acid groups (broad SMARTS) is 1. The molecule has 2 aliphatic rings.